The van der Waals surface area contributed by atoms with Gasteiger partial charge in [0.15, 0.2) is 0 Å². The molecule has 7 nitrogen and oxygen atoms in total. The normalized spacial score (nSPS) is 14.9. The average Bonchev–Trinajstić information content (AvgIpc) is 3.00. The van der Waals surface area contributed by atoms with Crippen molar-refractivity contribution >= 4 is 12.1 Å². The predicted octanol–water partition coefficient (Wildman–Crippen LogP) is 2.17. The molecule has 7 heteroatoms. The van der Waals surface area contributed by atoms with E-state index in [9.17, 15) is 9.59 Å². The van der Waals surface area contributed by atoms with Crippen LogP contribution in [0.1, 0.15) is 14.9 Å². The quantitative estimate of drug-likeness (QED) is 0.740. The van der Waals surface area contributed by atoms with Gasteiger partial charge in [-0.05, 0) is 0 Å². The Morgan fingerprint density at radius 1 is 0.833 bits per heavy atom. The highest BCUT2D eigenvalue weighted by Crippen LogP contribution is 2.01. The van der Waals surface area contributed by atoms with Crippen molar-refractivity contribution in [1.82, 2.24) is 19.6 Å². The minimum atomic E-state index is 0. The molecule has 0 aromatic carbocycles. The minimum absolute atomic E-state index is 0. The van der Waals surface area contributed by atoms with E-state index in [0.717, 1.165) is 26.2 Å². The topological polar surface area (TPSA) is 73.1 Å². The number of hydrogen-bond donors (Lipinski definition) is 1. The molecule has 2 aliphatic rings. The molecule has 0 unspecified atom stereocenters. The fourth-order valence-electron chi connectivity index (χ4n) is 1.57. The van der Waals surface area contributed by atoms with Crippen molar-refractivity contribution in [3.63, 3.8) is 0 Å². The lowest BCUT2D eigenvalue weighted by atomic mass is 10.6. The highest BCUT2D eigenvalue weighted by Gasteiger charge is 2.21. The summed E-state index contributed by atoms with van der Waals surface area (Å²) >= 11 is 0. The van der Waals surface area contributed by atoms with Crippen LogP contribution in [-0.4, -0.2) is 92.6 Å². The zero-order chi connectivity index (χ0) is 17.7. The Kier molecular flexibility index (Phi) is 21.6. The van der Waals surface area contributed by atoms with Crippen LogP contribution in [0.3, 0.4) is 0 Å². The number of hydrogen-bond acceptors (Lipinski definition) is 3. The lowest BCUT2D eigenvalue weighted by Crippen LogP contribution is -2.25. The Bertz CT molecular complexity index is 298. The van der Waals surface area contributed by atoms with Gasteiger partial charge in [-0.1, -0.05) is 20.9 Å². The molecule has 0 aromatic heterocycles. The zero-order valence-electron chi connectivity index (χ0n) is 14.4. The van der Waals surface area contributed by atoms with E-state index in [1.165, 1.54) is 0 Å². The summed E-state index contributed by atoms with van der Waals surface area (Å²) in [6.45, 7) is 13.4. The second kappa shape index (κ2) is 17.3. The molecule has 2 rings (SSSR count). The summed E-state index contributed by atoms with van der Waals surface area (Å²) in [4.78, 5) is 28.3. The van der Waals surface area contributed by atoms with Crippen LogP contribution < -0.4 is 5.73 Å². The Morgan fingerprint density at radius 3 is 1.04 bits per heavy atom. The first kappa shape index (κ1) is 29.9. The lowest BCUT2D eigenvalue weighted by Gasteiger charge is -2.07. The molecule has 0 atom stereocenters. The van der Waals surface area contributed by atoms with E-state index >= 15 is 0 Å². The van der Waals surface area contributed by atoms with Crippen molar-refractivity contribution in [1.29, 1.82) is 0 Å². The van der Waals surface area contributed by atoms with Gasteiger partial charge in [-0.15, -0.1) is 19.7 Å². The molecule has 2 aliphatic heterocycles. The van der Waals surface area contributed by atoms with Crippen molar-refractivity contribution < 1.29 is 9.59 Å². The Labute approximate surface area is 149 Å². The fraction of sp³-hybridized carbons (Fsp3) is 0.647. The van der Waals surface area contributed by atoms with Crippen molar-refractivity contribution in [2.24, 2.45) is 5.73 Å². The molecular weight excluding hydrogens is 306 g/mol. The second-order valence-electron chi connectivity index (χ2n) is 4.78. The van der Waals surface area contributed by atoms with Gasteiger partial charge in [0.2, 0.25) is 0 Å². The van der Waals surface area contributed by atoms with E-state index in [1.54, 1.807) is 25.7 Å². The van der Waals surface area contributed by atoms with Crippen LogP contribution in [0, 0.1) is 0 Å². The largest absolute Gasteiger partial charge is 0.327 e. The first-order valence-corrected chi connectivity index (χ1v) is 7.08. The van der Waals surface area contributed by atoms with Crippen LogP contribution in [0.4, 0.5) is 9.59 Å². The molecule has 0 aromatic rings. The highest BCUT2D eigenvalue weighted by molar-refractivity contribution is 5.76. The van der Waals surface area contributed by atoms with Crippen LogP contribution >= 0.6 is 0 Å². The number of likely N-dealkylation sites (N-methyl/N-ethyl adjacent to an activating group) is 4. The highest BCUT2D eigenvalue weighted by atomic mass is 16.2. The molecular formula is C17H39N5O2. The van der Waals surface area contributed by atoms with E-state index in [-0.39, 0.29) is 26.9 Å². The Morgan fingerprint density at radius 2 is 1.00 bits per heavy atom. The van der Waals surface area contributed by atoms with Gasteiger partial charge in [-0.3, -0.25) is 0 Å². The summed E-state index contributed by atoms with van der Waals surface area (Å²) in [5.74, 6) is 0. The van der Waals surface area contributed by atoms with E-state index in [2.05, 4.69) is 19.7 Å². The van der Waals surface area contributed by atoms with Gasteiger partial charge in [-0.2, -0.15) is 0 Å². The van der Waals surface area contributed by atoms with E-state index in [1.807, 2.05) is 28.2 Å². The molecule has 0 spiro atoms. The van der Waals surface area contributed by atoms with Crippen LogP contribution in [0.5, 0.6) is 0 Å². The molecule has 0 aliphatic carbocycles. The Balaban J connectivity index is -0.000000120. The summed E-state index contributed by atoms with van der Waals surface area (Å²) in [7, 11) is 7.25. The third-order valence-electron chi connectivity index (χ3n) is 3.01. The molecule has 4 amide bonds. The van der Waals surface area contributed by atoms with Crippen molar-refractivity contribution in [3.8, 4) is 0 Å². The van der Waals surface area contributed by atoms with Crippen molar-refractivity contribution in [3.05, 3.63) is 25.8 Å². The lowest BCUT2D eigenvalue weighted by molar-refractivity contribution is 0.205. The third-order valence-corrected chi connectivity index (χ3v) is 3.01. The number of urea groups is 2. The monoisotopic (exact) mass is 345 g/mol. The number of amides is 4. The average molecular weight is 346 g/mol. The summed E-state index contributed by atoms with van der Waals surface area (Å²) in [6, 6.07) is 0.259. The summed E-state index contributed by atoms with van der Waals surface area (Å²) in [5.41, 5.74) is 4.91. The number of nitrogens with two attached hydrogens (primary N) is 1. The SMILES string of the molecule is C.C.C=C.C=CCN.CN1CCN(C)C1=O.CN1CCN(C)C1=O. The van der Waals surface area contributed by atoms with Gasteiger partial charge in [0.05, 0.1) is 0 Å². The standard InChI is InChI=1S/2C5H10N2O.C3H7N.C2H4.2CH4/c2*1-6-3-4-7(2)5(6)8;1-2-3-4;1-2;;/h2*3-4H2,1-2H3;2H,1,3-4H2;1-2H2;2*1H4. The number of rotatable bonds is 1. The molecule has 2 saturated heterocycles. The zero-order valence-corrected chi connectivity index (χ0v) is 14.4. The third kappa shape index (κ3) is 11.5. The molecule has 2 fully saturated rings. The molecule has 0 bridgehead atoms. The van der Waals surface area contributed by atoms with Gasteiger partial charge in [0.25, 0.3) is 0 Å². The first-order valence-electron chi connectivity index (χ1n) is 7.08. The predicted molar refractivity (Wildman–Crippen MR) is 105 cm³/mol. The maximum atomic E-state index is 10.8. The van der Waals surface area contributed by atoms with Gasteiger partial charge in [0, 0.05) is 60.9 Å². The Hall–Kier alpha value is -2.02. The van der Waals surface area contributed by atoms with Gasteiger partial charge < -0.3 is 25.3 Å². The summed E-state index contributed by atoms with van der Waals surface area (Å²) < 4.78 is 0. The second-order valence-corrected chi connectivity index (χ2v) is 4.78. The maximum Gasteiger partial charge on any atom is 0.319 e. The van der Waals surface area contributed by atoms with Crippen LogP contribution in [-0.2, 0) is 0 Å². The summed E-state index contributed by atoms with van der Waals surface area (Å²) in [5, 5.41) is 0. The van der Waals surface area contributed by atoms with Crippen molar-refractivity contribution in [2.75, 3.05) is 60.9 Å². The van der Waals surface area contributed by atoms with E-state index in [0.29, 0.717) is 6.54 Å². The molecule has 144 valence electrons. The molecule has 0 saturated carbocycles. The number of carbonyl (C=O) groups is 2. The number of nitrogens with zero attached hydrogens (tertiary/aromatic N) is 4. The molecule has 24 heavy (non-hydrogen) atoms. The molecule has 2 N–H and O–H groups in total. The van der Waals surface area contributed by atoms with E-state index in [4.69, 9.17) is 5.73 Å². The smallest absolute Gasteiger partial charge is 0.319 e. The first-order chi connectivity index (χ1) is 10.3. The van der Waals surface area contributed by atoms with E-state index < -0.39 is 0 Å². The van der Waals surface area contributed by atoms with Crippen molar-refractivity contribution in [2.45, 2.75) is 14.9 Å². The van der Waals surface area contributed by atoms with Crippen LogP contribution in [0.15, 0.2) is 25.8 Å². The summed E-state index contributed by atoms with van der Waals surface area (Å²) in [6.07, 6.45) is 1.65. The van der Waals surface area contributed by atoms with Gasteiger partial charge in [-0.25, -0.2) is 9.59 Å². The molecule has 0 radical (unpaired) electrons. The number of carbonyl (C=O) groups excluding carboxylic acids is 2. The minimum Gasteiger partial charge on any atom is -0.327 e. The molecule has 2 heterocycles. The van der Waals surface area contributed by atoms with Gasteiger partial charge in [0.1, 0.15) is 0 Å². The van der Waals surface area contributed by atoms with Crippen LogP contribution in [0.2, 0.25) is 0 Å². The fourth-order valence-corrected chi connectivity index (χ4v) is 1.57. The van der Waals surface area contributed by atoms with Gasteiger partial charge >= 0.3 is 12.1 Å². The maximum absolute atomic E-state index is 10.8. The van der Waals surface area contributed by atoms with Crippen LogP contribution in [0.25, 0.3) is 0 Å².